The van der Waals surface area contributed by atoms with Crippen molar-refractivity contribution in [2.24, 2.45) is 5.92 Å². The fraction of sp³-hybridized carbons (Fsp3) is 0.364. The number of benzene rings is 2. The van der Waals surface area contributed by atoms with Gasteiger partial charge >= 0.3 is 0 Å². The number of carbonyl (C=O) groups is 1. The average molecular weight is 380 g/mol. The molecule has 27 heavy (non-hydrogen) atoms. The van der Waals surface area contributed by atoms with E-state index in [2.05, 4.69) is 40.6 Å². The zero-order valence-electron chi connectivity index (χ0n) is 15.4. The minimum absolute atomic E-state index is 0.0135. The van der Waals surface area contributed by atoms with Gasteiger partial charge in [0.1, 0.15) is 0 Å². The Bertz CT molecular complexity index is 788. The second-order valence-corrected chi connectivity index (χ2v) is 7.94. The van der Waals surface area contributed by atoms with Crippen molar-refractivity contribution in [3.8, 4) is 6.07 Å². The molecule has 0 aliphatic carbocycles. The van der Waals surface area contributed by atoms with Gasteiger partial charge in [-0.25, -0.2) is 0 Å². The minimum atomic E-state index is 0.0135. The van der Waals surface area contributed by atoms with Crippen LogP contribution in [0.1, 0.15) is 24.8 Å². The summed E-state index contributed by atoms with van der Waals surface area (Å²) in [5.41, 5.74) is 2.14. The van der Waals surface area contributed by atoms with Crippen molar-refractivity contribution in [1.29, 1.82) is 5.26 Å². The lowest BCUT2D eigenvalue weighted by molar-refractivity contribution is -0.121. The number of para-hydroxylation sites is 1. The second kappa shape index (κ2) is 10.1. The molecule has 2 aromatic carbocycles. The molecule has 0 bridgehead atoms. The fourth-order valence-electron chi connectivity index (χ4n) is 3.39. The number of nitrogens with zero attached hydrogens (tertiary/aromatic N) is 2. The van der Waals surface area contributed by atoms with Crippen molar-refractivity contribution >= 4 is 23.4 Å². The molecule has 0 aromatic heterocycles. The van der Waals surface area contributed by atoms with Crippen LogP contribution in [0.3, 0.4) is 0 Å². The summed E-state index contributed by atoms with van der Waals surface area (Å²) in [7, 11) is 0. The molecule has 1 saturated heterocycles. The Morgan fingerprint density at radius 3 is 2.78 bits per heavy atom. The van der Waals surface area contributed by atoms with E-state index in [9.17, 15) is 4.79 Å². The number of rotatable bonds is 7. The van der Waals surface area contributed by atoms with Crippen LogP contribution in [0.2, 0.25) is 0 Å². The largest absolute Gasteiger partial charge is 0.325 e. The van der Waals surface area contributed by atoms with Gasteiger partial charge in [0.05, 0.1) is 17.7 Å². The predicted octanol–water partition coefficient (Wildman–Crippen LogP) is 4.54. The number of nitrogens with one attached hydrogen (secondary N) is 1. The Morgan fingerprint density at radius 2 is 1.96 bits per heavy atom. The molecule has 5 heteroatoms. The SMILES string of the molecule is N#CCCSc1ccccc1NC(=O)C1CCCN(Cc2ccccc2)C1. The third-order valence-corrected chi connectivity index (χ3v) is 5.82. The average Bonchev–Trinajstić information content (AvgIpc) is 2.70. The van der Waals surface area contributed by atoms with Crippen molar-refractivity contribution in [2.45, 2.75) is 30.7 Å². The number of amides is 1. The summed E-state index contributed by atoms with van der Waals surface area (Å²) >= 11 is 1.61. The number of carbonyl (C=O) groups excluding carboxylic acids is 1. The lowest BCUT2D eigenvalue weighted by Crippen LogP contribution is -2.40. The zero-order chi connectivity index (χ0) is 18.9. The highest BCUT2D eigenvalue weighted by Crippen LogP contribution is 2.28. The Hall–Kier alpha value is -2.29. The monoisotopic (exact) mass is 379 g/mol. The van der Waals surface area contributed by atoms with Crippen LogP contribution in [0, 0.1) is 17.2 Å². The molecule has 0 saturated carbocycles. The van der Waals surface area contributed by atoms with Crippen LogP contribution in [-0.2, 0) is 11.3 Å². The molecular weight excluding hydrogens is 354 g/mol. The normalized spacial score (nSPS) is 17.2. The van der Waals surface area contributed by atoms with E-state index in [0.717, 1.165) is 48.8 Å². The summed E-state index contributed by atoms with van der Waals surface area (Å²) in [6.07, 6.45) is 2.48. The van der Waals surface area contributed by atoms with E-state index in [-0.39, 0.29) is 11.8 Å². The first kappa shape index (κ1) is 19.5. The van der Waals surface area contributed by atoms with Crippen molar-refractivity contribution in [2.75, 3.05) is 24.2 Å². The molecule has 0 spiro atoms. The van der Waals surface area contributed by atoms with Gasteiger partial charge in [0.25, 0.3) is 0 Å². The molecule has 1 N–H and O–H groups in total. The van der Waals surface area contributed by atoms with Gasteiger partial charge in [0.2, 0.25) is 5.91 Å². The third kappa shape index (κ3) is 5.85. The number of thioether (sulfide) groups is 1. The van der Waals surface area contributed by atoms with Crippen molar-refractivity contribution in [3.63, 3.8) is 0 Å². The van der Waals surface area contributed by atoms with Crippen molar-refractivity contribution in [1.82, 2.24) is 4.90 Å². The molecule has 3 rings (SSSR count). The van der Waals surface area contributed by atoms with Gasteiger partial charge in [-0.05, 0) is 37.1 Å². The molecule has 1 atom stereocenters. The van der Waals surface area contributed by atoms with Crippen molar-refractivity contribution in [3.05, 3.63) is 60.2 Å². The van der Waals surface area contributed by atoms with E-state index in [4.69, 9.17) is 5.26 Å². The highest BCUT2D eigenvalue weighted by atomic mass is 32.2. The second-order valence-electron chi connectivity index (χ2n) is 6.80. The fourth-order valence-corrected chi connectivity index (χ4v) is 4.25. The Kier molecular flexibility index (Phi) is 7.32. The molecule has 1 unspecified atom stereocenters. The Balaban J connectivity index is 1.58. The molecular formula is C22H25N3OS. The highest BCUT2D eigenvalue weighted by Gasteiger charge is 2.26. The first-order chi connectivity index (χ1) is 13.3. The van der Waals surface area contributed by atoms with Gasteiger partial charge in [-0.3, -0.25) is 9.69 Å². The van der Waals surface area contributed by atoms with Gasteiger partial charge in [-0.2, -0.15) is 5.26 Å². The molecule has 4 nitrogen and oxygen atoms in total. The Labute approximate surface area is 165 Å². The van der Waals surface area contributed by atoms with Crippen LogP contribution < -0.4 is 5.32 Å². The third-order valence-electron chi connectivity index (χ3n) is 4.74. The number of hydrogen-bond acceptors (Lipinski definition) is 4. The van der Waals surface area contributed by atoms with E-state index in [1.54, 1.807) is 11.8 Å². The molecule has 1 aliphatic rings. The van der Waals surface area contributed by atoms with E-state index in [0.29, 0.717) is 6.42 Å². The topological polar surface area (TPSA) is 56.1 Å². The Morgan fingerprint density at radius 1 is 1.19 bits per heavy atom. The van der Waals surface area contributed by atoms with Gasteiger partial charge in [-0.1, -0.05) is 42.5 Å². The van der Waals surface area contributed by atoms with Gasteiger partial charge in [0, 0.05) is 30.2 Å². The van der Waals surface area contributed by atoms with E-state index < -0.39 is 0 Å². The number of nitriles is 1. The molecule has 140 valence electrons. The van der Waals surface area contributed by atoms with Gasteiger partial charge in [-0.15, -0.1) is 11.8 Å². The first-order valence-electron chi connectivity index (χ1n) is 9.42. The number of anilines is 1. The zero-order valence-corrected chi connectivity index (χ0v) is 16.3. The summed E-state index contributed by atoms with van der Waals surface area (Å²) in [6.45, 7) is 2.73. The number of piperidine rings is 1. The molecule has 1 amide bonds. The van der Waals surface area contributed by atoms with Crippen LogP contribution in [0.5, 0.6) is 0 Å². The maximum absolute atomic E-state index is 12.8. The number of likely N-dealkylation sites (tertiary alicyclic amines) is 1. The van der Waals surface area contributed by atoms with Crippen LogP contribution in [0.15, 0.2) is 59.5 Å². The summed E-state index contributed by atoms with van der Waals surface area (Å²) in [4.78, 5) is 16.2. The molecule has 1 heterocycles. The molecule has 0 radical (unpaired) electrons. The van der Waals surface area contributed by atoms with Gasteiger partial charge in [0.15, 0.2) is 0 Å². The summed E-state index contributed by atoms with van der Waals surface area (Å²) in [5, 5.41) is 11.8. The van der Waals surface area contributed by atoms with E-state index in [1.807, 2.05) is 30.3 Å². The van der Waals surface area contributed by atoms with Gasteiger partial charge < -0.3 is 5.32 Å². The maximum Gasteiger partial charge on any atom is 0.228 e. The van der Waals surface area contributed by atoms with E-state index >= 15 is 0 Å². The predicted molar refractivity (Wildman–Crippen MR) is 110 cm³/mol. The summed E-state index contributed by atoms with van der Waals surface area (Å²) < 4.78 is 0. The molecule has 1 aliphatic heterocycles. The lowest BCUT2D eigenvalue weighted by Gasteiger charge is -2.32. The highest BCUT2D eigenvalue weighted by molar-refractivity contribution is 7.99. The van der Waals surface area contributed by atoms with Crippen LogP contribution >= 0.6 is 11.8 Å². The smallest absolute Gasteiger partial charge is 0.228 e. The quantitative estimate of drug-likeness (QED) is 0.567. The van der Waals surface area contributed by atoms with Crippen molar-refractivity contribution < 1.29 is 4.79 Å². The van der Waals surface area contributed by atoms with Crippen LogP contribution in [0.4, 0.5) is 5.69 Å². The lowest BCUT2D eigenvalue weighted by atomic mass is 9.96. The summed E-state index contributed by atoms with van der Waals surface area (Å²) in [5.74, 6) is 0.846. The molecule has 2 aromatic rings. The van der Waals surface area contributed by atoms with Crippen LogP contribution in [0.25, 0.3) is 0 Å². The standard InChI is InChI=1S/C22H25N3OS/c23-13-7-15-27-21-12-5-4-11-20(21)24-22(26)19-10-6-14-25(17-19)16-18-8-2-1-3-9-18/h1-5,8-9,11-12,19H,6-7,10,14-17H2,(H,24,26). The van der Waals surface area contributed by atoms with E-state index in [1.165, 1.54) is 5.56 Å². The van der Waals surface area contributed by atoms with Crippen LogP contribution in [-0.4, -0.2) is 29.6 Å². The molecule has 1 fully saturated rings. The summed E-state index contributed by atoms with van der Waals surface area (Å²) in [6, 6.07) is 20.4. The minimum Gasteiger partial charge on any atom is -0.325 e. The number of hydrogen-bond donors (Lipinski definition) is 1. The maximum atomic E-state index is 12.8. The first-order valence-corrected chi connectivity index (χ1v) is 10.4.